The summed E-state index contributed by atoms with van der Waals surface area (Å²) < 4.78 is 0. The smallest absolute Gasteiger partial charge is 0.306 e. The Kier molecular flexibility index (Phi) is 6.11. The number of pyridine rings is 3. The van der Waals surface area contributed by atoms with E-state index in [0.29, 0.717) is 32.0 Å². The third kappa shape index (κ3) is 4.63. The van der Waals surface area contributed by atoms with Gasteiger partial charge in [0.2, 0.25) is 0 Å². The van der Waals surface area contributed by atoms with Gasteiger partial charge in [-0.2, -0.15) is 0 Å². The molecule has 0 radical (unpaired) electrons. The standard InChI is InChI=1S/C26H31N5O2/c1-17-15-28-24(29-20-5-3-2-4-6-20)14-22(17)23-13-19-16-27-10-7-21(19)25(30-23)31-11-8-18(9-12-31)26(32)33/h7,10,13-16,18,20H,2-6,8-9,11-12H2,1H3,(H,28,29)(H,32,33). The normalized spacial score (nSPS) is 17.9. The molecule has 3 aromatic rings. The average Bonchev–Trinajstić information content (AvgIpc) is 2.85. The summed E-state index contributed by atoms with van der Waals surface area (Å²) in [5.41, 5.74) is 3.05. The van der Waals surface area contributed by atoms with Crippen molar-refractivity contribution in [1.29, 1.82) is 0 Å². The van der Waals surface area contributed by atoms with Gasteiger partial charge in [0.05, 0.1) is 11.6 Å². The van der Waals surface area contributed by atoms with Crippen LogP contribution in [0.15, 0.2) is 36.8 Å². The summed E-state index contributed by atoms with van der Waals surface area (Å²) >= 11 is 0. The summed E-state index contributed by atoms with van der Waals surface area (Å²) in [6.45, 7) is 3.45. The number of hydrogen-bond donors (Lipinski definition) is 2. The summed E-state index contributed by atoms with van der Waals surface area (Å²) in [6, 6.07) is 6.71. The van der Waals surface area contributed by atoms with Crippen molar-refractivity contribution in [2.45, 2.75) is 57.9 Å². The third-order valence-corrected chi connectivity index (χ3v) is 7.09. The van der Waals surface area contributed by atoms with Gasteiger partial charge in [0, 0.05) is 54.1 Å². The van der Waals surface area contributed by atoms with E-state index in [4.69, 9.17) is 4.98 Å². The first-order chi connectivity index (χ1) is 16.1. The van der Waals surface area contributed by atoms with Gasteiger partial charge in [0.15, 0.2) is 0 Å². The molecule has 0 unspecified atom stereocenters. The lowest BCUT2D eigenvalue weighted by Crippen LogP contribution is -2.36. The lowest BCUT2D eigenvalue weighted by atomic mass is 9.95. The lowest BCUT2D eigenvalue weighted by molar-refractivity contribution is -0.142. The highest BCUT2D eigenvalue weighted by Crippen LogP contribution is 2.34. The van der Waals surface area contributed by atoms with E-state index in [1.54, 1.807) is 6.20 Å². The van der Waals surface area contributed by atoms with Crippen LogP contribution in [0.3, 0.4) is 0 Å². The molecular weight excluding hydrogens is 414 g/mol. The fourth-order valence-corrected chi connectivity index (χ4v) is 5.13. The lowest BCUT2D eigenvalue weighted by Gasteiger charge is -2.32. The Morgan fingerprint density at radius 3 is 2.64 bits per heavy atom. The monoisotopic (exact) mass is 445 g/mol. The molecule has 2 aliphatic rings. The van der Waals surface area contributed by atoms with Gasteiger partial charge in [0.25, 0.3) is 0 Å². The molecule has 0 aromatic carbocycles. The molecule has 1 aliphatic heterocycles. The van der Waals surface area contributed by atoms with Gasteiger partial charge in [-0.3, -0.25) is 9.78 Å². The molecule has 2 fully saturated rings. The van der Waals surface area contributed by atoms with Gasteiger partial charge in [-0.25, -0.2) is 9.97 Å². The molecule has 172 valence electrons. The second-order valence-electron chi connectivity index (χ2n) is 9.39. The van der Waals surface area contributed by atoms with Crippen LogP contribution in [-0.4, -0.2) is 45.2 Å². The van der Waals surface area contributed by atoms with Crippen LogP contribution < -0.4 is 10.2 Å². The molecule has 1 saturated carbocycles. The fraction of sp³-hybridized carbons (Fsp3) is 0.462. The molecule has 0 amide bonds. The van der Waals surface area contributed by atoms with Crippen LogP contribution in [0.5, 0.6) is 0 Å². The van der Waals surface area contributed by atoms with Crippen molar-refractivity contribution >= 4 is 28.4 Å². The Hall–Kier alpha value is -3.22. The van der Waals surface area contributed by atoms with Crippen molar-refractivity contribution in [3.05, 3.63) is 42.4 Å². The predicted molar refractivity (Wildman–Crippen MR) is 131 cm³/mol. The number of nitrogens with zero attached hydrogens (tertiary/aromatic N) is 4. The number of anilines is 2. The number of carboxylic acids is 1. The van der Waals surface area contributed by atoms with E-state index in [1.807, 2.05) is 18.5 Å². The number of hydrogen-bond acceptors (Lipinski definition) is 6. The van der Waals surface area contributed by atoms with Crippen LogP contribution in [-0.2, 0) is 4.79 Å². The fourth-order valence-electron chi connectivity index (χ4n) is 5.13. The number of rotatable bonds is 5. The molecule has 33 heavy (non-hydrogen) atoms. The second kappa shape index (κ2) is 9.33. The minimum Gasteiger partial charge on any atom is -0.481 e. The maximum atomic E-state index is 11.4. The van der Waals surface area contributed by atoms with Crippen molar-refractivity contribution in [3.63, 3.8) is 0 Å². The zero-order chi connectivity index (χ0) is 22.8. The molecule has 0 atom stereocenters. The van der Waals surface area contributed by atoms with E-state index >= 15 is 0 Å². The highest BCUT2D eigenvalue weighted by molar-refractivity contribution is 5.94. The van der Waals surface area contributed by atoms with Gasteiger partial charge in [-0.05, 0) is 56.4 Å². The van der Waals surface area contributed by atoms with E-state index in [9.17, 15) is 9.90 Å². The van der Waals surface area contributed by atoms with Crippen molar-refractivity contribution in [1.82, 2.24) is 15.0 Å². The van der Waals surface area contributed by atoms with E-state index in [-0.39, 0.29) is 5.92 Å². The average molecular weight is 446 g/mol. The van der Waals surface area contributed by atoms with Gasteiger partial charge >= 0.3 is 5.97 Å². The van der Waals surface area contributed by atoms with Crippen LogP contribution in [0.25, 0.3) is 22.0 Å². The van der Waals surface area contributed by atoms with Gasteiger partial charge < -0.3 is 15.3 Å². The van der Waals surface area contributed by atoms with Crippen molar-refractivity contribution in [3.8, 4) is 11.3 Å². The number of aliphatic carboxylic acids is 1. The molecule has 4 heterocycles. The van der Waals surface area contributed by atoms with Gasteiger partial charge in [-0.1, -0.05) is 19.3 Å². The maximum Gasteiger partial charge on any atom is 0.306 e. The molecule has 1 saturated heterocycles. The van der Waals surface area contributed by atoms with Crippen LogP contribution in [0, 0.1) is 12.8 Å². The largest absolute Gasteiger partial charge is 0.481 e. The Bertz CT molecular complexity index is 1150. The predicted octanol–water partition coefficient (Wildman–Crippen LogP) is 5.05. The van der Waals surface area contributed by atoms with Crippen LogP contribution in [0.4, 0.5) is 11.6 Å². The number of nitrogens with one attached hydrogen (secondary N) is 1. The van der Waals surface area contributed by atoms with E-state index in [0.717, 1.165) is 39.2 Å². The molecule has 5 rings (SSSR count). The summed E-state index contributed by atoms with van der Waals surface area (Å²) in [7, 11) is 0. The summed E-state index contributed by atoms with van der Waals surface area (Å²) in [4.78, 5) is 27.7. The third-order valence-electron chi connectivity index (χ3n) is 7.09. The first-order valence-corrected chi connectivity index (χ1v) is 12.0. The van der Waals surface area contributed by atoms with Crippen LogP contribution >= 0.6 is 0 Å². The minimum absolute atomic E-state index is 0.270. The number of carbonyl (C=O) groups is 1. The molecule has 1 aliphatic carbocycles. The first kappa shape index (κ1) is 21.6. The van der Waals surface area contributed by atoms with Gasteiger partial charge in [0.1, 0.15) is 11.6 Å². The van der Waals surface area contributed by atoms with Crippen molar-refractivity contribution < 1.29 is 9.90 Å². The summed E-state index contributed by atoms with van der Waals surface area (Å²) in [5.74, 6) is 0.843. The highest BCUT2D eigenvalue weighted by atomic mass is 16.4. The molecule has 0 bridgehead atoms. The minimum atomic E-state index is -0.698. The van der Waals surface area contributed by atoms with Crippen LogP contribution in [0.2, 0.25) is 0 Å². The number of aromatic nitrogens is 3. The highest BCUT2D eigenvalue weighted by Gasteiger charge is 2.26. The Morgan fingerprint density at radius 1 is 1.09 bits per heavy atom. The molecule has 3 aromatic heterocycles. The topological polar surface area (TPSA) is 91.2 Å². The summed E-state index contributed by atoms with van der Waals surface area (Å²) in [5, 5.41) is 15.1. The summed E-state index contributed by atoms with van der Waals surface area (Å²) in [6.07, 6.45) is 13.1. The van der Waals surface area contributed by atoms with E-state index in [1.165, 1.54) is 32.1 Å². The Labute approximate surface area is 194 Å². The Balaban J connectivity index is 1.50. The Morgan fingerprint density at radius 2 is 1.88 bits per heavy atom. The van der Waals surface area contributed by atoms with E-state index in [2.05, 4.69) is 39.2 Å². The number of carboxylic acid groups (broad SMARTS) is 1. The SMILES string of the molecule is Cc1cnc(NC2CCCCC2)cc1-c1cc2cnccc2c(N2CCC(C(=O)O)CC2)n1. The number of fused-ring (bicyclic) bond motifs is 1. The molecule has 7 heteroatoms. The quantitative estimate of drug-likeness (QED) is 0.568. The van der Waals surface area contributed by atoms with Crippen LogP contribution in [0.1, 0.15) is 50.5 Å². The maximum absolute atomic E-state index is 11.4. The zero-order valence-corrected chi connectivity index (χ0v) is 19.1. The van der Waals surface area contributed by atoms with Crippen molar-refractivity contribution in [2.75, 3.05) is 23.3 Å². The molecule has 0 spiro atoms. The molecule has 7 nitrogen and oxygen atoms in total. The number of piperidine rings is 1. The zero-order valence-electron chi connectivity index (χ0n) is 19.1. The second-order valence-corrected chi connectivity index (χ2v) is 9.39. The van der Waals surface area contributed by atoms with Crippen molar-refractivity contribution in [2.24, 2.45) is 5.92 Å². The van der Waals surface area contributed by atoms with E-state index < -0.39 is 5.97 Å². The van der Waals surface area contributed by atoms with Gasteiger partial charge in [-0.15, -0.1) is 0 Å². The molecular formula is C26H31N5O2. The molecule has 2 N–H and O–H groups in total. The first-order valence-electron chi connectivity index (χ1n) is 12.0. The number of aryl methyl sites for hydroxylation is 1.